The molecule has 1 unspecified atom stereocenters. The number of aliphatic hydroxyl groups excluding tert-OH is 1. The predicted molar refractivity (Wildman–Crippen MR) is 84.3 cm³/mol. The van der Waals surface area contributed by atoms with E-state index in [1.54, 1.807) is 4.90 Å². The summed E-state index contributed by atoms with van der Waals surface area (Å²) in [6.07, 6.45) is -0.611. The Kier molecular flexibility index (Phi) is 3.42. The predicted octanol–water partition coefficient (Wildman–Crippen LogP) is 2.72. The number of amides is 2. The number of carbonyl (C=O) groups excluding carboxylic acids is 1. The average Bonchev–Trinajstić information content (AvgIpc) is 2.86. The summed E-state index contributed by atoms with van der Waals surface area (Å²) in [7, 11) is 0. The van der Waals surface area contributed by atoms with Crippen LogP contribution >= 0.6 is 0 Å². The molecule has 2 aromatic carbocycles. The van der Waals surface area contributed by atoms with Crippen molar-refractivity contribution in [2.24, 2.45) is 10.8 Å². The van der Waals surface area contributed by atoms with Crippen LogP contribution in [0.5, 0.6) is 0 Å². The molecule has 22 heavy (non-hydrogen) atoms. The highest BCUT2D eigenvalue weighted by Crippen LogP contribution is 2.36. The number of hydrogen-bond donors (Lipinski definition) is 2. The number of benzene rings is 2. The summed E-state index contributed by atoms with van der Waals surface area (Å²) in [6.45, 7) is 1.93. The molecule has 2 aromatic rings. The third-order valence-corrected chi connectivity index (χ3v) is 3.59. The van der Waals surface area contributed by atoms with Gasteiger partial charge in [0, 0.05) is 0 Å². The smallest absolute Gasteiger partial charge is 0.337 e. The van der Waals surface area contributed by atoms with Gasteiger partial charge in [0.2, 0.25) is 0 Å². The molecule has 0 aliphatic carbocycles. The maximum Gasteiger partial charge on any atom is 0.337 e. The van der Waals surface area contributed by atoms with Crippen molar-refractivity contribution in [2.45, 2.75) is 13.1 Å². The number of amidine groups is 1. The fourth-order valence-electron chi connectivity index (χ4n) is 2.58. The van der Waals surface area contributed by atoms with Crippen LogP contribution in [0.2, 0.25) is 0 Å². The molecule has 0 radical (unpaired) electrons. The summed E-state index contributed by atoms with van der Waals surface area (Å²) in [5.74, 6) is 0. The molecule has 0 bridgehead atoms. The van der Waals surface area contributed by atoms with E-state index in [0.29, 0.717) is 0 Å². The molecule has 0 saturated carbocycles. The molecule has 6 heteroatoms. The van der Waals surface area contributed by atoms with E-state index in [4.69, 9.17) is 5.73 Å². The molecule has 2 amide bonds. The van der Waals surface area contributed by atoms with Gasteiger partial charge in [0.15, 0.2) is 6.17 Å². The van der Waals surface area contributed by atoms with Crippen molar-refractivity contribution in [3.8, 4) is 0 Å². The van der Waals surface area contributed by atoms with Gasteiger partial charge in [-0.15, -0.1) is 5.10 Å². The van der Waals surface area contributed by atoms with Crippen LogP contribution in [0.1, 0.15) is 17.3 Å². The number of nitrogens with two attached hydrogens (primary N) is 1. The second kappa shape index (κ2) is 5.40. The minimum absolute atomic E-state index is 0.262. The van der Waals surface area contributed by atoms with E-state index in [-0.39, 0.29) is 6.02 Å². The number of carbonyl (C=O) groups is 1. The van der Waals surface area contributed by atoms with Crippen molar-refractivity contribution in [1.82, 2.24) is 5.01 Å². The molecule has 1 atom stereocenters. The lowest BCUT2D eigenvalue weighted by Crippen LogP contribution is -2.40. The van der Waals surface area contributed by atoms with E-state index < -0.39 is 12.2 Å². The van der Waals surface area contributed by atoms with Gasteiger partial charge in [0.1, 0.15) is 0 Å². The van der Waals surface area contributed by atoms with E-state index in [1.807, 2.05) is 61.5 Å². The molecule has 3 rings (SSSR count). The quantitative estimate of drug-likeness (QED) is 0.894. The Bertz CT molecular complexity index is 730. The molecule has 1 aliphatic heterocycles. The van der Waals surface area contributed by atoms with Crippen molar-refractivity contribution < 1.29 is 9.90 Å². The molecule has 1 heterocycles. The van der Waals surface area contributed by atoms with Gasteiger partial charge in [-0.2, -0.15) is 5.01 Å². The SMILES string of the molecule is Cc1ccccc1N1C(O)=NN(C(N)=O)C1c1ccccc1. The highest BCUT2D eigenvalue weighted by Gasteiger charge is 2.39. The minimum atomic E-state index is -0.725. The largest absolute Gasteiger partial charge is 0.479 e. The standard InChI is InChI=1S/C16H16N4O2/c1-11-7-5-6-10-13(11)19-14(12-8-3-2-4-9-12)20(15(17)21)18-16(19)22/h2-10,14H,1H3,(H2,17,21)(H,18,22). The number of nitrogens with zero attached hydrogens (tertiary/aromatic N) is 3. The monoisotopic (exact) mass is 296 g/mol. The Morgan fingerprint density at radius 1 is 1.14 bits per heavy atom. The Hall–Kier alpha value is -3.02. The molecule has 112 valence electrons. The number of anilines is 1. The van der Waals surface area contributed by atoms with E-state index in [1.165, 1.54) is 0 Å². The van der Waals surface area contributed by atoms with Gasteiger partial charge in [0.25, 0.3) is 0 Å². The molecular weight excluding hydrogens is 280 g/mol. The Morgan fingerprint density at radius 3 is 2.41 bits per heavy atom. The lowest BCUT2D eigenvalue weighted by atomic mass is 10.1. The number of aryl methyl sites for hydroxylation is 1. The molecule has 0 fully saturated rings. The Balaban J connectivity index is 2.13. The highest BCUT2D eigenvalue weighted by molar-refractivity contribution is 5.95. The Labute approximate surface area is 128 Å². The zero-order chi connectivity index (χ0) is 15.7. The van der Waals surface area contributed by atoms with Crippen molar-refractivity contribution in [1.29, 1.82) is 0 Å². The van der Waals surface area contributed by atoms with Crippen LogP contribution in [0.4, 0.5) is 10.5 Å². The van der Waals surface area contributed by atoms with Crippen LogP contribution in [0.15, 0.2) is 59.7 Å². The molecule has 0 saturated heterocycles. The first-order valence-electron chi connectivity index (χ1n) is 6.85. The number of para-hydroxylation sites is 1. The number of hydrogen-bond acceptors (Lipinski definition) is 3. The molecule has 3 N–H and O–H groups in total. The lowest BCUT2D eigenvalue weighted by molar-refractivity contribution is 0.196. The van der Waals surface area contributed by atoms with Crippen LogP contribution < -0.4 is 10.6 Å². The van der Waals surface area contributed by atoms with Gasteiger partial charge in [-0.05, 0) is 24.1 Å². The van der Waals surface area contributed by atoms with Crippen LogP contribution in [0.3, 0.4) is 0 Å². The van der Waals surface area contributed by atoms with Gasteiger partial charge >= 0.3 is 12.1 Å². The average molecular weight is 296 g/mol. The van der Waals surface area contributed by atoms with E-state index in [9.17, 15) is 9.90 Å². The number of rotatable bonds is 2. The first-order valence-corrected chi connectivity index (χ1v) is 6.85. The summed E-state index contributed by atoms with van der Waals surface area (Å²) in [5, 5.41) is 15.2. The second-order valence-electron chi connectivity index (χ2n) is 5.02. The number of primary amides is 1. The Morgan fingerprint density at radius 2 is 1.77 bits per heavy atom. The summed E-state index contributed by atoms with van der Waals surface area (Å²) < 4.78 is 0. The van der Waals surface area contributed by atoms with Gasteiger partial charge in [-0.3, -0.25) is 4.90 Å². The van der Waals surface area contributed by atoms with Crippen molar-refractivity contribution in [3.63, 3.8) is 0 Å². The van der Waals surface area contributed by atoms with Gasteiger partial charge in [0.05, 0.1) is 5.69 Å². The molecule has 0 spiro atoms. The first kappa shape index (κ1) is 13.9. The molecular formula is C16H16N4O2. The molecule has 0 aromatic heterocycles. The van der Waals surface area contributed by atoms with E-state index >= 15 is 0 Å². The summed E-state index contributed by atoms with van der Waals surface area (Å²) in [6, 6.07) is 15.9. The zero-order valence-electron chi connectivity index (χ0n) is 12.0. The maximum atomic E-state index is 11.7. The normalized spacial score (nSPS) is 17.5. The number of hydrazone groups is 1. The lowest BCUT2D eigenvalue weighted by Gasteiger charge is -2.29. The maximum absolute atomic E-state index is 11.7. The zero-order valence-corrected chi connectivity index (χ0v) is 12.0. The minimum Gasteiger partial charge on any atom is -0.479 e. The van der Waals surface area contributed by atoms with E-state index in [0.717, 1.165) is 21.8 Å². The van der Waals surface area contributed by atoms with Crippen LogP contribution in [-0.2, 0) is 0 Å². The van der Waals surface area contributed by atoms with Crippen LogP contribution in [0, 0.1) is 6.92 Å². The van der Waals surface area contributed by atoms with Gasteiger partial charge < -0.3 is 10.8 Å². The highest BCUT2D eigenvalue weighted by atomic mass is 16.3. The number of aliphatic hydroxyl groups is 1. The van der Waals surface area contributed by atoms with Gasteiger partial charge in [-0.25, -0.2) is 4.79 Å². The molecule has 6 nitrogen and oxygen atoms in total. The van der Waals surface area contributed by atoms with Crippen LogP contribution in [-0.4, -0.2) is 22.2 Å². The first-order chi connectivity index (χ1) is 10.6. The summed E-state index contributed by atoms with van der Waals surface area (Å²) >= 11 is 0. The second-order valence-corrected chi connectivity index (χ2v) is 5.02. The van der Waals surface area contributed by atoms with E-state index in [2.05, 4.69) is 5.10 Å². The fraction of sp³-hybridized carbons (Fsp3) is 0.125. The summed E-state index contributed by atoms with van der Waals surface area (Å²) in [5.41, 5.74) is 7.93. The third kappa shape index (κ3) is 2.24. The van der Waals surface area contributed by atoms with Crippen molar-refractivity contribution in [2.75, 3.05) is 4.90 Å². The summed E-state index contributed by atoms with van der Waals surface area (Å²) in [4.78, 5) is 13.3. The number of urea groups is 1. The fourth-order valence-corrected chi connectivity index (χ4v) is 2.58. The molecule has 1 aliphatic rings. The van der Waals surface area contributed by atoms with Gasteiger partial charge in [-0.1, -0.05) is 48.5 Å². The van der Waals surface area contributed by atoms with Crippen molar-refractivity contribution in [3.05, 3.63) is 65.7 Å². The third-order valence-electron chi connectivity index (χ3n) is 3.59. The van der Waals surface area contributed by atoms with Crippen LogP contribution in [0.25, 0.3) is 0 Å². The topological polar surface area (TPSA) is 82.2 Å². The van der Waals surface area contributed by atoms with Crippen molar-refractivity contribution >= 4 is 17.7 Å².